The zero-order chi connectivity index (χ0) is 13.1. The number of rotatable bonds is 4. The third kappa shape index (κ3) is 3.11. The van der Waals surface area contributed by atoms with Gasteiger partial charge in [0.15, 0.2) is 0 Å². The molecule has 94 valence electrons. The number of nitrogens with zero attached hydrogens (tertiary/aromatic N) is 2. The van der Waals surface area contributed by atoms with Crippen molar-refractivity contribution in [3.05, 3.63) is 28.2 Å². The molecule has 0 aliphatic carbocycles. The highest BCUT2D eigenvalue weighted by atomic mass is 79.9. The van der Waals surface area contributed by atoms with Crippen LogP contribution in [-0.4, -0.2) is 27.0 Å². The molecule has 0 atom stereocenters. The number of aliphatic carboxylic acids is 1. The zero-order valence-corrected chi connectivity index (χ0v) is 11.8. The van der Waals surface area contributed by atoms with E-state index in [9.17, 15) is 4.79 Å². The summed E-state index contributed by atoms with van der Waals surface area (Å²) in [5.41, 5.74) is 1.93. The standard InChI is InChI=1S/C11H9BrN2O3S/c1-6-2-3-7(4-8(6)12)10-13-11(17-14-10)18-5-9(15)16/h2-4H,5H2,1H3,(H,15,16). The van der Waals surface area contributed by atoms with Gasteiger partial charge in [0.05, 0.1) is 0 Å². The molecule has 0 aliphatic heterocycles. The van der Waals surface area contributed by atoms with Crippen LogP contribution < -0.4 is 0 Å². The van der Waals surface area contributed by atoms with E-state index in [-0.39, 0.29) is 11.0 Å². The Hall–Kier alpha value is -1.34. The minimum atomic E-state index is -0.919. The number of halogens is 1. The predicted octanol–water partition coefficient (Wildman–Crippen LogP) is 2.98. The summed E-state index contributed by atoms with van der Waals surface area (Å²) in [5.74, 6) is -0.569. The van der Waals surface area contributed by atoms with Crippen molar-refractivity contribution < 1.29 is 14.4 Å². The highest BCUT2D eigenvalue weighted by Gasteiger charge is 2.11. The van der Waals surface area contributed by atoms with Crippen molar-refractivity contribution in [2.75, 3.05) is 5.75 Å². The first kappa shape index (κ1) is 13.1. The predicted molar refractivity (Wildman–Crippen MR) is 70.5 cm³/mol. The van der Waals surface area contributed by atoms with Gasteiger partial charge in [0.2, 0.25) is 5.82 Å². The maximum atomic E-state index is 10.4. The number of thioether (sulfide) groups is 1. The normalized spacial score (nSPS) is 10.6. The summed E-state index contributed by atoms with van der Waals surface area (Å²) in [5, 5.41) is 12.6. The van der Waals surface area contributed by atoms with E-state index < -0.39 is 5.97 Å². The molecule has 18 heavy (non-hydrogen) atoms. The minimum absolute atomic E-state index is 0.0980. The molecule has 0 amide bonds. The first-order chi connectivity index (χ1) is 8.56. The SMILES string of the molecule is Cc1ccc(-c2noc(SCC(=O)O)n2)cc1Br. The van der Waals surface area contributed by atoms with Gasteiger partial charge in [0.1, 0.15) is 5.75 Å². The number of hydrogen-bond acceptors (Lipinski definition) is 5. The second-order valence-electron chi connectivity index (χ2n) is 3.53. The van der Waals surface area contributed by atoms with Crippen molar-refractivity contribution >= 4 is 33.7 Å². The van der Waals surface area contributed by atoms with Crippen LogP contribution in [0.1, 0.15) is 5.56 Å². The Morgan fingerprint density at radius 3 is 3.00 bits per heavy atom. The smallest absolute Gasteiger partial charge is 0.314 e. The molecule has 0 aliphatic rings. The van der Waals surface area contributed by atoms with Gasteiger partial charge in [-0.15, -0.1) is 0 Å². The van der Waals surface area contributed by atoms with Crippen LogP contribution in [0.5, 0.6) is 0 Å². The van der Waals surface area contributed by atoms with Crippen LogP contribution >= 0.6 is 27.7 Å². The van der Waals surface area contributed by atoms with Crippen molar-refractivity contribution in [2.24, 2.45) is 0 Å². The van der Waals surface area contributed by atoms with Crippen molar-refractivity contribution in [2.45, 2.75) is 12.1 Å². The van der Waals surface area contributed by atoms with Crippen LogP contribution in [0, 0.1) is 6.92 Å². The van der Waals surface area contributed by atoms with Gasteiger partial charge in [-0.25, -0.2) is 0 Å². The molecule has 0 bridgehead atoms. The lowest BCUT2D eigenvalue weighted by Crippen LogP contribution is -1.97. The van der Waals surface area contributed by atoms with E-state index >= 15 is 0 Å². The van der Waals surface area contributed by atoms with Gasteiger partial charge in [-0.1, -0.05) is 45.0 Å². The van der Waals surface area contributed by atoms with Crippen LogP contribution in [0.4, 0.5) is 0 Å². The molecule has 1 heterocycles. The molecule has 2 rings (SSSR count). The maximum Gasteiger partial charge on any atom is 0.314 e. The number of hydrogen-bond donors (Lipinski definition) is 1. The molecule has 1 aromatic carbocycles. The van der Waals surface area contributed by atoms with Crippen molar-refractivity contribution in [3.8, 4) is 11.4 Å². The first-order valence-corrected chi connectivity index (χ1v) is 6.79. The summed E-state index contributed by atoms with van der Waals surface area (Å²) in [6.45, 7) is 1.98. The molecule has 1 N–H and O–H groups in total. The highest BCUT2D eigenvalue weighted by molar-refractivity contribution is 9.10. The van der Waals surface area contributed by atoms with Gasteiger partial charge in [0, 0.05) is 10.0 Å². The lowest BCUT2D eigenvalue weighted by Gasteiger charge is -1.99. The summed E-state index contributed by atoms with van der Waals surface area (Å²) < 4.78 is 5.93. The summed E-state index contributed by atoms with van der Waals surface area (Å²) >= 11 is 4.43. The Labute approximate surface area is 116 Å². The number of aryl methyl sites for hydroxylation is 1. The summed E-state index contributed by atoms with van der Waals surface area (Å²) in [7, 11) is 0. The van der Waals surface area contributed by atoms with E-state index in [4.69, 9.17) is 9.63 Å². The number of carboxylic acids is 1. The topological polar surface area (TPSA) is 76.2 Å². The van der Waals surface area contributed by atoms with Gasteiger partial charge in [-0.3, -0.25) is 4.79 Å². The van der Waals surface area contributed by atoms with Gasteiger partial charge in [0.25, 0.3) is 5.22 Å². The van der Waals surface area contributed by atoms with Gasteiger partial charge < -0.3 is 9.63 Å². The monoisotopic (exact) mass is 328 g/mol. The second kappa shape index (κ2) is 5.53. The zero-order valence-electron chi connectivity index (χ0n) is 9.38. The van der Waals surface area contributed by atoms with Crippen molar-refractivity contribution in [1.82, 2.24) is 10.1 Å². The van der Waals surface area contributed by atoms with Crippen LogP contribution in [0.25, 0.3) is 11.4 Å². The number of carboxylic acid groups (broad SMARTS) is 1. The van der Waals surface area contributed by atoms with Gasteiger partial charge in [-0.05, 0) is 18.6 Å². The average molecular weight is 329 g/mol. The highest BCUT2D eigenvalue weighted by Crippen LogP contribution is 2.25. The lowest BCUT2D eigenvalue weighted by molar-refractivity contribution is -0.133. The van der Waals surface area contributed by atoms with Gasteiger partial charge in [-0.2, -0.15) is 4.98 Å². The molecule has 0 unspecified atom stereocenters. The Balaban J connectivity index is 2.18. The Morgan fingerprint density at radius 2 is 2.33 bits per heavy atom. The average Bonchev–Trinajstić information content (AvgIpc) is 2.79. The maximum absolute atomic E-state index is 10.4. The van der Waals surface area contributed by atoms with E-state index in [1.807, 2.05) is 25.1 Å². The molecular formula is C11H9BrN2O3S. The molecule has 7 heteroatoms. The Bertz CT molecular complexity index is 585. The first-order valence-electron chi connectivity index (χ1n) is 5.01. The molecule has 2 aromatic rings. The van der Waals surface area contributed by atoms with Crippen LogP contribution in [0.15, 0.2) is 32.4 Å². The molecule has 0 fully saturated rings. The van der Waals surface area contributed by atoms with E-state index in [1.54, 1.807) is 0 Å². The number of carbonyl (C=O) groups is 1. The van der Waals surface area contributed by atoms with E-state index in [1.165, 1.54) is 0 Å². The Kier molecular flexibility index (Phi) is 4.03. The fraction of sp³-hybridized carbons (Fsp3) is 0.182. The Morgan fingerprint density at radius 1 is 1.56 bits per heavy atom. The molecule has 1 aromatic heterocycles. The summed E-state index contributed by atoms with van der Waals surface area (Å²) in [6, 6.07) is 5.72. The van der Waals surface area contributed by atoms with E-state index in [0.717, 1.165) is 27.4 Å². The molecule has 0 saturated heterocycles. The van der Waals surface area contributed by atoms with Crippen LogP contribution in [0.2, 0.25) is 0 Å². The second-order valence-corrected chi connectivity index (χ2v) is 5.31. The fourth-order valence-corrected chi connectivity index (χ4v) is 2.11. The molecular weight excluding hydrogens is 320 g/mol. The van der Waals surface area contributed by atoms with Crippen LogP contribution in [0.3, 0.4) is 0 Å². The number of benzene rings is 1. The minimum Gasteiger partial charge on any atom is -0.481 e. The van der Waals surface area contributed by atoms with E-state index in [2.05, 4.69) is 26.1 Å². The third-order valence-electron chi connectivity index (χ3n) is 2.16. The fourth-order valence-electron chi connectivity index (χ4n) is 1.24. The van der Waals surface area contributed by atoms with Gasteiger partial charge >= 0.3 is 5.97 Å². The molecule has 0 spiro atoms. The number of aromatic nitrogens is 2. The van der Waals surface area contributed by atoms with Crippen molar-refractivity contribution in [3.63, 3.8) is 0 Å². The lowest BCUT2D eigenvalue weighted by atomic mass is 10.1. The molecule has 5 nitrogen and oxygen atoms in total. The third-order valence-corrected chi connectivity index (χ3v) is 3.81. The van der Waals surface area contributed by atoms with E-state index in [0.29, 0.717) is 5.82 Å². The summed E-state index contributed by atoms with van der Waals surface area (Å²) in [4.78, 5) is 14.5. The molecule has 0 radical (unpaired) electrons. The van der Waals surface area contributed by atoms with Crippen LogP contribution in [-0.2, 0) is 4.79 Å². The largest absolute Gasteiger partial charge is 0.481 e. The quantitative estimate of drug-likeness (QED) is 0.869. The van der Waals surface area contributed by atoms with Crippen molar-refractivity contribution in [1.29, 1.82) is 0 Å². The summed E-state index contributed by atoms with van der Waals surface area (Å²) in [6.07, 6.45) is 0. The molecule has 0 saturated carbocycles.